The number of thioether (sulfide) groups is 1. The van der Waals surface area contributed by atoms with Crippen LogP contribution >= 0.6 is 23.4 Å². The van der Waals surface area contributed by atoms with E-state index in [1.165, 1.54) is 0 Å². The van der Waals surface area contributed by atoms with Crippen molar-refractivity contribution in [2.24, 2.45) is 0 Å². The summed E-state index contributed by atoms with van der Waals surface area (Å²) in [6.07, 6.45) is 1.60. The first-order chi connectivity index (χ1) is 9.11. The molecule has 6 heteroatoms. The number of carbonyl (C=O) groups excluding carboxylic acids is 1. The highest BCUT2D eigenvalue weighted by molar-refractivity contribution is 7.99. The van der Waals surface area contributed by atoms with E-state index in [1.54, 1.807) is 12.3 Å². The van der Waals surface area contributed by atoms with Crippen LogP contribution in [-0.2, 0) is 0 Å². The molecule has 1 N–H and O–H groups in total. The van der Waals surface area contributed by atoms with Crippen molar-refractivity contribution < 1.29 is 4.79 Å². The Hall–Kier alpha value is -0.940. The predicted octanol–water partition coefficient (Wildman–Crippen LogP) is 2.74. The molecule has 1 aromatic rings. The smallest absolute Gasteiger partial charge is 0.255 e. The minimum absolute atomic E-state index is 0.0181. The summed E-state index contributed by atoms with van der Waals surface area (Å²) in [5.74, 6) is 1.64. The number of pyridine rings is 1. The second kappa shape index (κ2) is 6.48. The van der Waals surface area contributed by atoms with Crippen molar-refractivity contribution in [3.8, 4) is 0 Å². The van der Waals surface area contributed by atoms with Crippen molar-refractivity contribution in [3.05, 3.63) is 22.8 Å². The van der Waals surface area contributed by atoms with Gasteiger partial charge in [0.1, 0.15) is 5.82 Å². The van der Waals surface area contributed by atoms with Crippen molar-refractivity contribution in [3.63, 3.8) is 0 Å². The van der Waals surface area contributed by atoms with Gasteiger partial charge in [0.05, 0.1) is 10.6 Å². The van der Waals surface area contributed by atoms with Crippen LogP contribution in [0, 0.1) is 0 Å². The van der Waals surface area contributed by atoms with E-state index >= 15 is 0 Å². The normalized spacial score (nSPS) is 19.3. The summed E-state index contributed by atoms with van der Waals surface area (Å²) in [6.45, 7) is 6.45. The van der Waals surface area contributed by atoms with Gasteiger partial charge in [0.25, 0.3) is 5.91 Å². The van der Waals surface area contributed by atoms with Gasteiger partial charge in [0, 0.05) is 36.8 Å². The third-order valence-corrected chi connectivity index (χ3v) is 4.39. The SMILES string of the molecule is CCNc1ncc(C(=O)N2CCSC(C)C2)cc1Cl. The molecule has 1 amide bonds. The van der Waals surface area contributed by atoms with Crippen LogP contribution in [0.25, 0.3) is 0 Å². The van der Waals surface area contributed by atoms with Crippen molar-refractivity contribution in [1.29, 1.82) is 0 Å². The molecular weight excluding hydrogens is 282 g/mol. The van der Waals surface area contributed by atoms with Gasteiger partial charge in [0.15, 0.2) is 0 Å². The average molecular weight is 300 g/mol. The van der Waals surface area contributed by atoms with E-state index in [0.29, 0.717) is 21.7 Å². The second-order valence-corrected chi connectivity index (χ2v) is 6.47. The maximum Gasteiger partial charge on any atom is 0.255 e. The van der Waals surface area contributed by atoms with E-state index in [2.05, 4.69) is 17.2 Å². The van der Waals surface area contributed by atoms with Crippen LogP contribution in [0.2, 0.25) is 5.02 Å². The van der Waals surface area contributed by atoms with Crippen molar-refractivity contribution in [2.45, 2.75) is 19.1 Å². The molecule has 2 rings (SSSR count). The Labute approximate surface area is 122 Å². The molecule has 4 nitrogen and oxygen atoms in total. The van der Waals surface area contributed by atoms with Gasteiger partial charge in [-0.3, -0.25) is 4.79 Å². The first-order valence-electron chi connectivity index (χ1n) is 6.42. The van der Waals surface area contributed by atoms with Crippen LogP contribution in [0.3, 0.4) is 0 Å². The highest BCUT2D eigenvalue weighted by Gasteiger charge is 2.23. The maximum absolute atomic E-state index is 12.4. The van der Waals surface area contributed by atoms with Gasteiger partial charge < -0.3 is 10.2 Å². The molecule has 1 fully saturated rings. The highest BCUT2D eigenvalue weighted by atomic mass is 35.5. The van der Waals surface area contributed by atoms with Crippen LogP contribution in [0.1, 0.15) is 24.2 Å². The fourth-order valence-electron chi connectivity index (χ4n) is 2.04. The molecule has 0 spiro atoms. The number of amides is 1. The Morgan fingerprint density at radius 1 is 1.68 bits per heavy atom. The average Bonchev–Trinajstić information content (AvgIpc) is 2.40. The van der Waals surface area contributed by atoms with Gasteiger partial charge in [-0.25, -0.2) is 4.98 Å². The largest absolute Gasteiger partial charge is 0.369 e. The lowest BCUT2D eigenvalue weighted by atomic mass is 10.2. The van der Waals surface area contributed by atoms with E-state index in [4.69, 9.17) is 11.6 Å². The van der Waals surface area contributed by atoms with Crippen LogP contribution in [0.4, 0.5) is 5.82 Å². The van der Waals surface area contributed by atoms with Crippen molar-refractivity contribution in [1.82, 2.24) is 9.88 Å². The summed E-state index contributed by atoms with van der Waals surface area (Å²) < 4.78 is 0. The van der Waals surface area contributed by atoms with E-state index in [0.717, 1.165) is 25.4 Å². The fourth-order valence-corrected chi connectivity index (χ4v) is 3.28. The van der Waals surface area contributed by atoms with Crippen LogP contribution < -0.4 is 5.32 Å². The summed E-state index contributed by atoms with van der Waals surface area (Å²) in [7, 11) is 0. The number of hydrogen-bond acceptors (Lipinski definition) is 4. The number of carbonyl (C=O) groups is 1. The highest BCUT2D eigenvalue weighted by Crippen LogP contribution is 2.23. The molecule has 0 aromatic carbocycles. The van der Waals surface area contributed by atoms with Gasteiger partial charge in [0.2, 0.25) is 0 Å². The molecule has 104 valence electrons. The number of nitrogens with zero attached hydrogens (tertiary/aromatic N) is 2. The third-order valence-electron chi connectivity index (χ3n) is 2.96. The molecule has 1 unspecified atom stereocenters. The topological polar surface area (TPSA) is 45.2 Å². The Morgan fingerprint density at radius 3 is 3.11 bits per heavy atom. The lowest BCUT2D eigenvalue weighted by molar-refractivity contribution is 0.0763. The number of nitrogens with one attached hydrogen (secondary N) is 1. The summed E-state index contributed by atoms with van der Waals surface area (Å²) in [5.41, 5.74) is 0.561. The van der Waals surface area contributed by atoms with E-state index in [-0.39, 0.29) is 5.91 Å². The van der Waals surface area contributed by atoms with Gasteiger partial charge in [-0.1, -0.05) is 18.5 Å². The minimum Gasteiger partial charge on any atom is -0.369 e. The first-order valence-corrected chi connectivity index (χ1v) is 7.84. The minimum atomic E-state index is 0.0181. The molecule has 1 aliphatic rings. The van der Waals surface area contributed by atoms with Crippen LogP contribution in [0.15, 0.2) is 12.3 Å². The maximum atomic E-state index is 12.4. The van der Waals surface area contributed by atoms with Crippen molar-refractivity contribution in [2.75, 3.05) is 30.7 Å². The standard InChI is InChI=1S/C13H18ClN3OS/c1-3-15-12-11(14)6-10(7-16-12)13(18)17-4-5-19-9(2)8-17/h6-7,9H,3-5,8H2,1-2H3,(H,15,16). The number of aromatic nitrogens is 1. The zero-order valence-corrected chi connectivity index (χ0v) is 12.7. The van der Waals surface area contributed by atoms with Gasteiger partial charge >= 0.3 is 0 Å². The summed E-state index contributed by atoms with van der Waals surface area (Å²) in [5, 5.41) is 4.04. The lowest BCUT2D eigenvalue weighted by Gasteiger charge is -2.30. The Morgan fingerprint density at radius 2 is 2.47 bits per heavy atom. The summed E-state index contributed by atoms with van der Waals surface area (Å²) in [6, 6.07) is 1.70. The predicted molar refractivity (Wildman–Crippen MR) is 81.2 cm³/mol. The number of halogens is 1. The molecular formula is C13H18ClN3OS. The molecule has 1 atom stereocenters. The number of rotatable bonds is 3. The van der Waals surface area contributed by atoms with Crippen molar-refractivity contribution >= 4 is 35.1 Å². The van der Waals surface area contributed by atoms with E-state index < -0.39 is 0 Å². The monoisotopic (exact) mass is 299 g/mol. The third kappa shape index (κ3) is 3.54. The molecule has 0 bridgehead atoms. The molecule has 2 heterocycles. The zero-order chi connectivity index (χ0) is 13.8. The first kappa shape index (κ1) is 14.5. The number of anilines is 1. The Bertz CT molecular complexity index is 469. The summed E-state index contributed by atoms with van der Waals surface area (Å²) >= 11 is 8.02. The molecule has 0 aliphatic carbocycles. The fraction of sp³-hybridized carbons (Fsp3) is 0.538. The Balaban J connectivity index is 2.12. The van der Waals surface area contributed by atoms with E-state index in [9.17, 15) is 4.79 Å². The molecule has 1 aliphatic heterocycles. The van der Waals surface area contributed by atoms with Gasteiger partial charge in [-0.2, -0.15) is 11.8 Å². The molecule has 19 heavy (non-hydrogen) atoms. The lowest BCUT2D eigenvalue weighted by Crippen LogP contribution is -2.41. The molecule has 1 aromatic heterocycles. The number of hydrogen-bond donors (Lipinski definition) is 1. The van der Waals surface area contributed by atoms with Gasteiger partial charge in [-0.15, -0.1) is 0 Å². The van der Waals surface area contributed by atoms with Crippen LogP contribution in [0.5, 0.6) is 0 Å². The second-order valence-electron chi connectivity index (χ2n) is 4.52. The quantitative estimate of drug-likeness (QED) is 0.932. The van der Waals surface area contributed by atoms with E-state index in [1.807, 2.05) is 23.6 Å². The molecule has 0 saturated carbocycles. The molecule has 0 radical (unpaired) electrons. The zero-order valence-electron chi connectivity index (χ0n) is 11.1. The Kier molecular flexibility index (Phi) is 4.93. The summed E-state index contributed by atoms with van der Waals surface area (Å²) in [4.78, 5) is 18.4. The molecule has 1 saturated heterocycles. The van der Waals surface area contributed by atoms with Gasteiger partial charge in [-0.05, 0) is 13.0 Å². The van der Waals surface area contributed by atoms with Crippen LogP contribution in [-0.4, -0.2) is 46.4 Å².